The third kappa shape index (κ3) is 3.67. The van der Waals surface area contributed by atoms with Gasteiger partial charge in [-0.1, -0.05) is 27.2 Å². The second-order valence-corrected chi connectivity index (χ2v) is 7.21. The maximum Gasteiger partial charge on any atom is 0.403 e. The van der Waals surface area contributed by atoms with Crippen LogP contribution in [-0.4, -0.2) is 12.4 Å². The number of fused-ring (bicyclic) bond motifs is 2. The van der Waals surface area contributed by atoms with Gasteiger partial charge in [0.2, 0.25) is 0 Å². The monoisotopic (exact) mass is 318 g/mol. The molecule has 2 fully saturated rings. The van der Waals surface area contributed by atoms with Gasteiger partial charge < -0.3 is 0 Å². The molecule has 0 aromatic carbocycles. The third-order valence-corrected chi connectivity index (χ3v) is 4.66. The van der Waals surface area contributed by atoms with Crippen molar-refractivity contribution in [3.63, 3.8) is 0 Å². The molecule has 2 aliphatic carbocycles. The summed E-state index contributed by atoms with van der Waals surface area (Å²) in [6.45, 7) is 6.83. The summed E-state index contributed by atoms with van der Waals surface area (Å²) < 4.78 is 77.1. The highest BCUT2D eigenvalue weighted by Gasteiger charge is 2.73. The van der Waals surface area contributed by atoms with Crippen molar-refractivity contribution in [3.8, 4) is 0 Å². The Kier molecular flexibility index (Phi) is 5.32. The minimum absolute atomic E-state index is 0.0639. The zero-order chi connectivity index (χ0) is 16.6. The van der Waals surface area contributed by atoms with Crippen molar-refractivity contribution in [2.75, 3.05) is 0 Å². The maximum atomic E-state index is 12.9. The van der Waals surface area contributed by atoms with E-state index >= 15 is 0 Å². The van der Waals surface area contributed by atoms with E-state index in [0.717, 1.165) is 12.3 Å². The molecule has 2 rings (SSSR count). The number of hydrogen-bond donors (Lipinski definition) is 0. The Balaban J connectivity index is 0.000000491. The van der Waals surface area contributed by atoms with Crippen LogP contribution in [0.5, 0.6) is 0 Å². The average molecular weight is 318 g/mol. The van der Waals surface area contributed by atoms with Gasteiger partial charge in [0.25, 0.3) is 0 Å². The van der Waals surface area contributed by atoms with E-state index in [9.17, 15) is 26.3 Å². The maximum absolute atomic E-state index is 12.9. The van der Waals surface area contributed by atoms with Crippen LogP contribution >= 0.6 is 0 Å². The Bertz CT molecular complexity index is 324. The van der Waals surface area contributed by atoms with Crippen LogP contribution in [-0.2, 0) is 0 Å². The van der Waals surface area contributed by atoms with Gasteiger partial charge in [0, 0.05) is 0 Å². The first-order valence-electron chi connectivity index (χ1n) is 7.44. The Morgan fingerprint density at radius 3 is 1.48 bits per heavy atom. The second kappa shape index (κ2) is 5.99. The first-order valence-corrected chi connectivity index (χ1v) is 7.44. The van der Waals surface area contributed by atoms with Gasteiger partial charge in [0.1, 0.15) is 0 Å². The molecule has 2 saturated carbocycles. The number of hydrogen-bond acceptors (Lipinski definition) is 0. The molecule has 0 aromatic heterocycles. The van der Waals surface area contributed by atoms with E-state index in [2.05, 4.69) is 20.8 Å². The highest BCUT2D eigenvalue weighted by atomic mass is 19.4. The molecular weight excluding hydrogens is 294 g/mol. The molecule has 0 spiro atoms. The van der Waals surface area contributed by atoms with E-state index in [0.29, 0.717) is 19.8 Å². The summed E-state index contributed by atoms with van der Waals surface area (Å²) in [5.41, 5.74) is -3.54. The number of halogens is 6. The lowest BCUT2D eigenvalue weighted by molar-refractivity contribution is -0.356. The molecule has 21 heavy (non-hydrogen) atoms. The van der Waals surface area contributed by atoms with E-state index in [4.69, 9.17) is 0 Å². The van der Waals surface area contributed by atoms with Gasteiger partial charge in [-0.25, -0.2) is 0 Å². The van der Waals surface area contributed by atoms with Gasteiger partial charge in [-0.2, -0.15) is 26.3 Å². The largest absolute Gasteiger partial charge is 0.403 e. The summed E-state index contributed by atoms with van der Waals surface area (Å²) in [5, 5.41) is 0. The Morgan fingerprint density at radius 2 is 1.24 bits per heavy atom. The fraction of sp³-hybridized carbons (Fsp3) is 1.00. The van der Waals surface area contributed by atoms with Crippen LogP contribution < -0.4 is 0 Å². The van der Waals surface area contributed by atoms with Crippen molar-refractivity contribution in [2.45, 2.75) is 65.7 Å². The highest BCUT2D eigenvalue weighted by molar-refractivity contribution is 5.03. The standard InChI is InChI=1S/C11H14F6.C4H10/c1-9(10(12,13)14,11(15,16)17)8-5-6-2-3-7(8)4-6;1-4(2)3/h6-8H,2-5H2,1H3;4H,1-3H3. The van der Waals surface area contributed by atoms with Crippen LogP contribution in [0, 0.1) is 29.1 Å². The van der Waals surface area contributed by atoms with Gasteiger partial charge in [0.15, 0.2) is 5.41 Å². The summed E-state index contributed by atoms with van der Waals surface area (Å²) in [5.74, 6) is -0.802. The predicted octanol–water partition coefficient (Wildman–Crippen LogP) is 6.22. The van der Waals surface area contributed by atoms with E-state index in [1.54, 1.807) is 0 Å². The molecular formula is C15H24F6. The molecule has 0 nitrogen and oxygen atoms in total. The summed E-state index contributed by atoms with van der Waals surface area (Å²) >= 11 is 0. The fourth-order valence-electron chi connectivity index (χ4n) is 3.53. The van der Waals surface area contributed by atoms with Crippen LogP contribution in [0.25, 0.3) is 0 Å². The normalized spacial score (nSPS) is 29.6. The first-order chi connectivity index (χ1) is 9.30. The van der Waals surface area contributed by atoms with Crippen molar-refractivity contribution in [1.29, 1.82) is 0 Å². The Morgan fingerprint density at radius 1 is 0.810 bits per heavy atom. The first kappa shape index (κ1) is 18.6. The van der Waals surface area contributed by atoms with Crippen molar-refractivity contribution in [1.82, 2.24) is 0 Å². The van der Waals surface area contributed by atoms with Crippen LogP contribution in [0.2, 0.25) is 0 Å². The molecule has 0 aliphatic heterocycles. The van der Waals surface area contributed by atoms with Crippen molar-refractivity contribution >= 4 is 0 Å². The topological polar surface area (TPSA) is 0 Å². The summed E-state index contributed by atoms with van der Waals surface area (Å²) in [7, 11) is 0. The molecule has 2 bridgehead atoms. The molecule has 3 unspecified atom stereocenters. The smallest absolute Gasteiger partial charge is 0.170 e. The molecule has 0 N–H and O–H groups in total. The Hall–Kier alpha value is -0.420. The number of alkyl halides is 6. The summed E-state index contributed by atoms with van der Waals surface area (Å²) in [4.78, 5) is 0. The highest BCUT2D eigenvalue weighted by Crippen LogP contribution is 2.64. The molecule has 126 valence electrons. The van der Waals surface area contributed by atoms with Crippen LogP contribution in [0.1, 0.15) is 53.4 Å². The lowest BCUT2D eigenvalue weighted by Gasteiger charge is -2.42. The molecule has 0 saturated heterocycles. The fourth-order valence-corrected chi connectivity index (χ4v) is 3.53. The van der Waals surface area contributed by atoms with Crippen LogP contribution in [0.15, 0.2) is 0 Å². The van der Waals surface area contributed by atoms with E-state index < -0.39 is 29.6 Å². The molecule has 0 radical (unpaired) electrons. The van der Waals surface area contributed by atoms with Gasteiger partial charge in [0.05, 0.1) is 0 Å². The third-order valence-electron chi connectivity index (χ3n) is 4.66. The van der Waals surface area contributed by atoms with Gasteiger partial charge in [-0.05, 0) is 49.9 Å². The van der Waals surface area contributed by atoms with Crippen LogP contribution in [0.3, 0.4) is 0 Å². The molecule has 0 heterocycles. The quantitative estimate of drug-likeness (QED) is 0.504. The van der Waals surface area contributed by atoms with Crippen molar-refractivity contribution in [3.05, 3.63) is 0 Å². The van der Waals surface area contributed by atoms with E-state index in [1.165, 1.54) is 0 Å². The molecule has 2 aliphatic rings. The average Bonchev–Trinajstić information content (AvgIpc) is 2.85. The van der Waals surface area contributed by atoms with Gasteiger partial charge in [-0.3, -0.25) is 0 Å². The zero-order valence-corrected chi connectivity index (χ0v) is 12.9. The van der Waals surface area contributed by atoms with Gasteiger partial charge >= 0.3 is 12.4 Å². The molecule has 6 heteroatoms. The molecule has 0 aromatic rings. The lowest BCUT2D eigenvalue weighted by Crippen LogP contribution is -2.54. The predicted molar refractivity (Wildman–Crippen MR) is 69.7 cm³/mol. The zero-order valence-electron chi connectivity index (χ0n) is 12.9. The minimum atomic E-state index is -5.22. The molecule has 0 amide bonds. The second-order valence-electron chi connectivity index (χ2n) is 7.21. The minimum Gasteiger partial charge on any atom is -0.170 e. The van der Waals surface area contributed by atoms with Crippen molar-refractivity contribution < 1.29 is 26.3 Å². The SMILES string of the molecule is CC(C)C.CC(C1CC2CCC1C2)(C(F)(F)F)C(F)(F)F. The summed E-state index contributed by atoms with van der Waals surface area (Å²) in [6, 6.07) is 0. The van der Waals surface area contributed by atoms with E-state index in [1.807, 2.05) is 0 Å². The van der Waals surface area contributed by atoms with Crippen molar-refractivity contribution in [2.24, 2.45) is 29.1 Å². The molecule has 3 atom stereocenters. The Labute approximate surface area is 122 Å². The lowest BCUT2D eigenvalue weighted by atomic mass is 9.68. The van der Waals surface area contributed by atoms with Crippen LogP contribution in [0.4, 0.5) is 26.3 Å². The van der Waals surface area contributed by atoms with E-state index in [-0.39, 0.29) is 12.3 Å². The van der Waals surface area contributed by atoms with Gasteiger partial charge in [-0.15, -0.1) is 0 Å². The number of rotatable bonds is 1. The summed E-state index contributed by atoms with van der Waals surface area (Å²) in [6.07, 6.45) is -8.54.